The monoisotopic (exact) mass is 779 g/mol. The molecule has 0 aliphatic rings. The molecule has 0 aromatic rings. The van der Waals surface area contributed by atoms with Gasteiger partial charge in [0, 0.05) is 12.8 Å². The number of hydrogen-bond donors (Lipinski definition) is 1. The van der Waals surface area contributed by atoms with Gasteiger partial charge in [-0.25, -0.2) is 4.57 Å². The van der Waals surface area contributed by atoms with Gasteiger partial charge in [-0.05, 0) is 89.9 Å². The van der Waals surface area contributed by atoms with Gasteiger partial charge in [0.25, 0.3) is 0 Å². The molecule has 9 nitrogen and oxygen atoms in total. The van der Waals surface area contributed by atoms with Crippen molar-refractivity contribution >= 4 is 19.8 Å². The van der Waals surface area contributed by atoms with Gasteiger partial charge in [0.2, 0.25) is 0 Å². The largest absolute Gasteiger partial charge is 0.472 e. The summed E-state index contributed by atoms with van der Waals surface area (Å²) in [4.78, 5) is 35.2. The highest BCUT2D eigenvalue weighted by Crippen LogP contribution is 2.43. The second-order valence-corrected chi connectivity index (χ2v) is 16.1. The van der Waals surface area contributed by atoms with Crippen molar-refractivity contribution in [1.82, 2.24) is 0 Å². The molecule has 0 radical (unpaired) electrons. The Bertz CT molecular complexity index is 1150. The quantitative estimate of drug-likeness (QED) is 0.0220. The van der Waals surface area contributed by atoms with E-state index in [0.29, 0.717) is 23.9 Å². The molecule has 0 heterocycles. The molecule has 310 valence electrons. The van der Waals surface area contributed by atoms with Gasteiger partial charge in [0.15, 0.2) is 6.10 Å². The second kappa shape index (κ2) is 36.1. The zero-order valence-corrected chi connectivity index (χ0v) is 35.6. The van der Waals surface area contributed by atoms with Gasteiger partial charge in [-0.15, -0.1) is 0 Å². The Hall–Kier alpha value is -2.55. The summed E-state index contributed by atoms with van der Waals surface area (Å²) in [6, 6.07) is 0. The minimum Gasteiger partial charge on any atom is -0.462 e. The molecule has 0 saturated heterocycles. The maximum Gasteiger partial charge on any atom is 0.472 e. The number of unbranched alkanes of at least 4 members (excludes halogenated alkanes) is 10. The Balaban J connectivity index is 4.56. The molecule has 0 spiro atoms. The van der Waals surface area contributed by atoms with Crippen molar-refractivity contribution in [3.63, 3.8) is 0 Å². The molecule has 0 rings (SSSR count). The lowest BCUT2D eigenvalue weighted by molar-refractivity contribution is -0.870. The van der Waals surface area contributed by atoms with Crippen LogP contribution >= 0.6 is 7.82 Å². The number of allylic oxidation sites excluding steroid dienone is 12. The number of ether oxygens (including phenoxy) is 2. The normalized spacial score (nSPS) is 14.4. The minimum atomic E-state index is -4.39. The van der Waals surface area contributed by atoms with E-state index >= 15 is 0 Å². The summed E-state index contributed by atoms with van der Waals surface area (Å²) in [5, 5.41) is 0. The number of carbonyl (C=O) groups excluding carboxylic acids is 2. The molecule has 1 N–H and O–H groups in total. The van der Waals surface area contributed by atoms with Crippen molar-refractivity contribution < 1.29 is 42.1 Å². The Morgan fingerprint density at radius 3 is 1.41 bits per heavy atom. The SMILES string of the molecule is CCCCC/C=C/C/C=C/C/C=C/CCCCC(=O)OC[C@H](COP(=O)(O)OCC[N+](C)(C)C)OC(=O)CCCC/C=C/C/C=C/C/C=C/CCCCC. The number of esters is 2. The first-order valence-corrected chi connectivity index (χ1v) is 22.2. The van der Waals surface area contributed by atoms with E-state index in [4.69, 9.17) is 18.5 Å². The third kappa shape index (κ3) is 39.2. The summed E-state index contributed by atoms with van der Waals surface area (Å²) in [7, 11) is 1.42. The Labute approximate surface area is 329 Å². The fraction of sp³-hybridized carbons (Fsp3) is 0.682. The van der Waals surface area contributed by atoms with Crippen molar-refractivity contribution in [3.05, 3.63) is 72.9 Å². The van der Waals surface area contributed by atoms with Gasteiger partial charge in [-0.3, -0.25) is 18.6 Å². The Morgan fingerprint density at radius 1 is 0.574 bits per heavy atom. The molecule has 1 unspecified atom stereocenters. The van der Waals surface area contributed by atoms with Crippen molar-refractivity contribution in [2.45, 2.75) is 148 Å². The highest BCUT2D eigenvalue weighted by molar-refractivity contribution is 7.47. The third-order valence-corrected chi connectivity index (χ3v) is 9.19. The van der Waals surface area contributed by atoms with E-state index in [-0.39, 0.29) is 26.1 Å². The van der Waals surface area contributed by atoms with Gasteiger partial charge in [0.1, 0.15) is 19.8 Å². The molecule has 0 aliphatic carbocycles. The van der Waals surface area contributed by atoms with Crippen molar-refractivity contribution in [3.8, 4) is 0 Å². The summed E-state index contributed by atoms with van der Waals surface area (Å²) < 4.78 is 34.1. The highest BCUT2D eigenvalue weighted by Gasteiger charge is 2.27. The smallest absolute Gasteiger partial charge is 0.462 e. The predicted molar refractivity (Wildman–Crippen MR) is 224 cm³/mol. The Kier molecular flexibility index (Phi) is 34.4. The fourth-order valence-corrected chi connectivity index (χ4v) is 5.65. The standard InChI is InChI=1S/C44H76NO8P/c1-6-8-10-12-14-16-18-20-22-24-26-28-30-32-34-36-43(46)50-40-42(41-52-54(48,49)51-39-38-45(3,4)5)53-44(47)37-35-33-31-29-27-25-23-21-19-17-15-13-11-9-7-2/h14-17,20-23,26-29,42H,6-13,18-19,24-25,30-41H2,1-5H3/p+1/b16-14+,17-15+,22-20+,23-21+,28-26+,29-27+/t42-/m1/s1. The molecule has 0 aromatic heterocycles. The lowest BCUT2D eigenvalue weighted by Crippen LogP contribution is -2.37. The van der Waals surface area contributed by atoms with E-state index in [0.717, 1.165) is 64.2 Å². The number of carbonyl (C=O) groups is 2. The summed E-state index contributed by atoms with van der Waals surface area (Å²) >= 11 is 0. The maximum absolute atomic E-state index is 12.6. The van der Waals surface area contributed by atoms with Gasteiger partial charge in [0.05, 0.1) is 27.7 Å². The van der Waals surface area contributed by atoms with Crippen LogP contribution < -0.4 is 0 Å². The van der Waals surface area contributed by atoms with Crippen LogP contribution in [0.25, 0.3) is 0 Å². The van der Waals surface area contributed by atoms with Crippen LogP contribution in [-0.4, -0.2) is 74.9 Å². The number of hydrogen-bond acceptors (Lipinski definition) is 7. The second-order valence-electron chi connectivity index (χ2n) is 14.7. The topological polar surface area (TPSA) is 108 Å². The van der Waals surface area contributed by atoms with Crippen LogP contribution in [0.2, 0.25) is 0 Å². The molecular weight excluding hydrogens is 701 g/mol. The summed E-state index contributed by atoms with van der Waals surface area (Å²) in [5.41, 5.74) is 0. The molecule has 54 heavy (non-hydrogen) atoms. The maximum atomic E-state index is 12.6. The lowest BCUT2D eigenvalue weighted by atomic mass is 10.1. The van der Waals surface area contributed by atoms with Gasteiger partial charge >= 0.3 is 19.8 Å². The number of rotatable bonds is 36. The highest BCUT2D eigenvalue weighted by atomic mass is 31.2. The molecule has 10 heteroatoms. The van der Waals surface area contributed by atoms with E-state index in [2.05, 4.69) is 86.8 Å². The summed E-state index contributed by atoms with van der Waals surface area (Å²) in [6.45, 7) is 4.24. The van der Waals surface area contributed by atoms with Gasteiger partial charge in [-0.1, -0.05) is 112 Å². The van der Waals surface area contributed by atoms with Crippen LogP contribution in [0, 0.1) is 0 Å². The number of likely N-dealkylation sites (N-methyl/N-ethyl adjacent to an activating group) is 1. The van der Waals surface area contributed by atoms with Crippen molar-refractivity contribution in [2.75, 3.05) is 47.5 Å². The first-order chi connectivity index (χ1) is 26.0. The summed E-state index contributed by atoms with van der Waals surface area (Å²) in [6.07, 6.45) is 43.8. The fourth-order valence-electron chi connectivity index (χ4n) is 4.91. The Morgan fingerprint density at radius 2 is 0.981 bits per heavy atom. The van der Waals surface area contributed by atoms with Crippen LogP contribution in [0.15, 0.2) is 72.9 Å². The van der Waals surface area contributed by atoms with Crippen LogP contribution in [0.5, 0.6) is 0 Å². The molecule has 2 atom stereocenters. The van der Waals surface area contributed by atoms with Crippen LogP contribution in [-0.2, 0) is 32.7 Å². The zero-order chi connectivity index (χ0) is 40.0. The lowest BCUT2D eigenvalue weighted by Gasteiger charge is -2.24. The van der Waals surface area contributed by atoms with Gasteiger partial charge < -0.3 is 18.9 Å². The van der Waals surface area contributed by atoms with E-state index in [1.807, 2.05) is 21.1 Å². The van der Waals surface area contributed by atoms with Crippen molar-refractivity contribution in [1.29, 1.82) is 0 Å². The number of nitrogens with zero attached hydrogens (tertiary/aromatic N) is 1. The molecule has 0 fully saturated rings. The van der Waals surface area contributed by atoms with Crippen LogP contribution in [0.4, 0.5) is 0 Å². The van der Waals surface area contributed by atoms with Crippen LogP contribution in [0.3, 0.4) is 0 Å². The van der Waals surface area contributed by atoms with Crippen molar-refractivity contribution in [2.24, 2.45) is 0 Å². The van der Waals surface area contributed by atoms with E-state index in [9.17, 15) is 19.0 Å². The van der Waals surface area contributed by atoms with E-state index in [1.54, 1.807) is 0 Å². The summed E-state index contributed by atoms with van der Waals surface area (Å²) in [5.74, 6) is -0.897. The first-order valence-electron chi connectivity index (χ1n) is 20.7. The molecule has 0 saturated carbocycles. The number of phosphoric ester groups is 1. The predicted octanol–water partition coefficient (Wildman–Crippen LogP) is 11.5. The third-order valence-electron chi connectivity index (χ3n) is 8.21. The van der Waals surface area contributed by atoms with Crippen LogP contribution in [0.1, 0.15) is 142 Å². The first kappa shape index (κ1) is 51.5. The average molecular weight is 779 g/mol. The molecule has 0 aliphatic heterocycles. The zero-order valence-electron chi connectivity index (χ0n) is 34.7. The van der Waals surface area contributed by atoms with E-state index < -0.39 is 32.5 Å². The molecule has 0 amide bonds. The molecule has 0 bridgehead atoms. The molecular formula is C44H77NO8P+. The van der Waals surface area contributed by atoms with E-state index in [1.165, 1.54) is 38.5 Å². The average Bonchev–Trinajstić information content (AvgIpc) is 3.12. The number of quaternary nitrogens is 1. The number of phosphoric acid groups is 1. The minimum absolute atomic E-state index is 0.0146. The molecule has 0 aromatic carbocycles. The van der Waals surface area contributed by atoms with Gasteiger partial charge in [-0.2, -0.15) is 0 Å².